The molecule has 0 spiro atoms. The average Bonchev–Trinajstić information content (AvgIpc) is 3.21. The molecule has 2 aromatic heterocycles. The lowest BCUT2D eigenvalue weighted by Crippen LogP contribution is -2.45. The Kier molecular flexibility index (Phi) is 6.25. The molecule has 1 aliphatic carbocycles. The minimum atomic E-state index is -0.424. The summed E-state index contributed by atoms with van der Waals surface area (Å²) in [6, 6.07) is 10.5. The van der Waals surface area contributed by atoms with Crippen molar-refractivity contribution >= 4 is 45.9 Å². The van der Waals surface area contributed by atoms with Crippen LogP contribution in [0.2, 0.25) is 5.02 Å². The van der Waals surface area contributed by atoms with Crippen molar-refractivity contribution in [3.05, 3.63) is 53.4 Å². The van der Waals surface area contributed by atoms with E-state index >= 15 is 0 Å². The molecular formula is C23H25ClN4O3. The number of aromatic nitrogens is 1. The number of carbonyl (C=O) groups excluding carboxylic acids is 2. The number of amides is 2. The minimum absolute atomic E-state index is 0.000108. The Morgan fingerprint density at radius 3 is 2.58 bits per heavy atom. The molecule has 0 aliphatic heterocycles. The highest BCUT2D eigenvalue weighted by molar-refractivity contribution is 6.30. The fourth-order valence-corrected chi connectivity index (χ4v) is 4.12. The van der Waals surface area contributed by atoms with Crippen LogP contribution < -0.4 is 10.3 Å². The Morgan fingerprint density at radius 1 is 1.13 bits per heavy atom. The lowest BCUT2D eigenvalue weighted by molar-refractivity contribution is -0.125. The maximum atomic E-state index is 13.3. The second-order valence-electron chi connectivity index (χ2n) is 7.95. The molecule has 2 heterocycles. The van der Waals surface area contributed by atoms with E-state index in [4.69, 9.17) is 16.0 Å². The third kappa shape index (κ3) is 4.57. The van der Waals surface area contributed by atoms with Gasteiger partial charge in [-0.2, -0.15) is 0 Å². The number of fused-ring (bicyclic) bond motifs is 1. The van der Waals surface area contributed by atoms with Gasteiger partial charge in [-0.25, -0.2) is 15.0 Å². The fraction of sp³-hybridized carbons (Fsp3) is 0.348. The van der Waals surface area contributed by atoms with Gasteiger partial charge < -0.3 is 9.73 Å². The van der Waals surface area contributed by atoms with Crippen LogP contribution in [0.15, 0.2) is 47.0 Å². The van der Waals surface area contributed by atoms with Gasteiger partial charge in [0.1, 0.15) is 11.5 Å². The van der Waals surface area contributed by atoms with Gasteiger partial charge in [-0.05, 0) is 37.1 Å². The van der Waals surface area contributed by atoms with Crippen LogP contribution in [0.5, 0.6) is 0 Å². The standard InChI is InChI=1S/C23H25ClN4O3/c1-27(2)28(23(30)15-7-4-3-5-8-15)18-10-6-9-16-13-19(31-21(16)18)22(29)26-20-12-11-17(24)14-25-20/h6,9-15H,3-5,7-8H2,1-2H3,(H,25,26,29). The number of hydrogen-bond donors (Lipinski definition) is 1. The average molecular weight is 441 g/mol. The summed E-state index contributed by atoms with van der Waals surface area (Å²) in [5.74, 6) is 0.151. The van der Waals surface area contributed by atoms with Crippen molar-refractivity contribution in [2.45, 2.75) is 32.1 Å². The predicted octanol–water partition coefficient (Wildman–Crippen LogP) is 5.12. The molecule has 0 atom stereocenters. The first kappa shape index (κ1) is 21.3. The molecule has 162 valence electrons. The maximum absolute atomic E-state index is 13.3. The van der Waals surface area contributed by atoms with Crippen LogP contribution >= 0.6 is 11.6 Å². The van der Waals surface area contributed by atoms with E-state index in [1.54, 1.807) is 28.2 Å². The Bertz CT molecular complexity index is 1090. The summed E-state index contributed by atoms with van der Waals surface area (Å²) < 4.78 is 5.94. The summed E-state index contributed by atoms with van der Waals surface area (Å²) in [5.41, 5.74) is 1.12. The van der Waals surface area contributed by atoms with Gasteiger partial charge in [0, 0.05) is 31.6 Å². The predicted molar refractivity (Wildman–Crippen MR) is 121 cm³/mol. The monoisotopic (exact) mass is 440 g/mol. The summed E-state index contributed by atoms with van der Waals surface area (Å²) in [4.78, 5) is 30.1. The van der Waals surface area contributed by atoms with Crippen molar-refractivity contribution < 1.29 is 14.0 Å². The Hall–Kier alpha value is -2.90. The number of hydrogen-bond acceptors (Lipinski definition) is 5. The quantitative estimate of drug-likeness (QED) is 0.557. The Morgan fingerprint density at radius 2 is 1.90 bits per heavy atom. The number of nitrogens with one attached hydrogen (secondary N) is 1. The zero-order valence-corrected chi connectivity index (χ0v) is 18.4. The number of para-hydroxylation sites is 1. The Labute approximate surface area is 185 Å². The number of furan rings is 1. The van der Waals surface area contributed by atoms with Gasteiger partial charge in [-0.15, -0.1) is 0 Å². The first-order valence-electron chi connectivity index (χ1n) is 10.4. The molecule has 1 N–H and O–H groups in total. The van der Waals surface area contributed by atoms with Crippen molar-refractivity contribution in [3.63, 3.8) is 0 Å². The van der Waals surface area contributed by atoms with Gasteiger partial charge in [0.05, 0.1) is 5.02 Å². The molecule has 0 unspecified atom stereocenters. The molecule has 1 saturated carbocycles. The zero-order chi connectivity index (χ0) is 22.0. The smallest absolute Gasteiger partial charge is 0.292 e. The SMILES string of the molecule is CN(C)N(C(=O)C1CCCCC1)c1cccc2cc(C(=O)Nc3ccc(Cl)cn3)oc12. The van der Waals surface area contributed by atoms with Crippen LogP contribution in [-0.4, -0.2) is 35.9 Å². The van der Waals surface area contributed by atoms with Gasteiger partial charge in [0.2, 0.25) is 5.91 Å². The molecule has 0 bridgehead atoms. The summed E-state index contributed by atoms with van der Waals surface area (Å²) >= 11 is 5.84. The van der Waals surface area contributed by atoms with E-state index in [1.165, 1.54) is 12.6 Å². The second-order valence-corrected chi connectivity index (χ2v) is 8.39. The second kappa shape index (κ2) is 9.08. The number of carbonyl (C=O) groups is 2. The molecule has 31 heavy (non-hydrogen) atoms. The number of nitrogens with zero attached hydrogens (tertiary/aromatic N) is 3. The van der Waals surface area contributed by atoms with E-state index in [1.807, 2.05) is 32.3 Å². The van der Waals surface area contributed by atoms with Crippen LogP contribution in [0.1, 0.15) is 42.7 Å². The number of pyridine rings is 1. The van der Waals surface area contributed by atoms with Crippen molar-refractivity contribution in [1.82, 2.24) is 9.99 Å². The van der Waals surface area contributed by atoms with Gasteiger partial charge in [-0.1, -0.05) is 43.0 Å². The van der Waals surface area contributed by atoms with E-state index in [-0.39, 0.29) is 17.6 Å². The van der Waals surface area contributed by atoms with Crippen LogP contribution in [-0.2, 0) is 4.79 Å². The highest BCUT2D eigenvalue weighted by Crippen LogP contribution is 2.33. The van der Waals surface area contributed by atoms with Crippen LogP contribution in [0.25, 0.3) is 11.0 Å². The van der Waals surface area contributed by atoms with Crippen LogP contribution in [0.4, 0.5) is 11.5 Å². The molecule has 3 aromatic rings. The summed E-state index contributed by atoms with van der Waals surface area (Å²) in [5, 5.41) is 7.35. The van der Waals surface area contributed by atoms with E-state index < -0.39 is 5.91 Å². The first-order valence-corrected chi connectivity index (χ1v) is 10.8. The summed E-state index contributed by atoms with van der Waals surface area (Å²) in [6.07, 6.45) is 6.59. The number of benzene rings is 1. The van der Waals surface area contributed by atoms with Gasteiger partial charge in [0.25, 0.3) is 5.91 Å². The van der Waals surface area contributed by atoms with Crippen LogP contribution in [0.3, 0.4) is 0 Å². The largest absolute Gasteiger partial charge is 0.449 e. The molecule has 4 rings (SSSR count). The number of hydrazine groups is 1. The molecule has 1 fully saturated rings. The minimum Gasteiger partial charge on any atom is -0.449 e. The number of rotatable bonds is 5. The van der Waals surface area contributed by atoms with Crippen molar-refractivity contribution in [1.29, 1.82) is 0 Å². The lowest BCUT2D eigenvalue weighted by Gasteiger charge is -2.33. The molecule has 0 saturated heterocycles. The molecule has 1 aliphatic rings. The van der Waals surface area contributed by atoms with E-state index in [0.717, 1.165) is 31.1 Å². The molecule has 0 radical (unpaired) electrons. The van der Waals surface area contributed by atoms with Crippen molar-refractivity contribution in [3.8, 4) is 0 Å². The molecule has 1 aromatic carbocycles. The third-order valence-corrected chi connectivity index (χ3v) is 5.73. The number of halogens is 1. The highest BCUT2D eigenvalue weighted by atomic mass is 35.5. The van der Waals surface area contributed by atoms with Gasteiger partial charge in [-0.3, -0.25) is 9.59 Å². The summed E-state index contributed by atoms with van der Waals surface area (Å²) in [7, 11) is 3.67. The van der Waals surface area contributed by atoms with Gasteiger partial charge >= 0.3 is 0 Å². The topological polar surface area (TPSA) is 78.7 Å². The molecular weight excluding hydrogens is 416 g/mol. The summed E-state index contributed by atoms with van der Waals surface area (Å²) in [6.45, 7) is 0. The molecule has 8 heteroatoms. The molecule has 2 amide bonds. The highest BCUT2D eigenvalue weighted by Gasteiger charge is 2.30. The van der Waals surface area contributed by atoms with E-state index in [9.17, 15) is 9.59 Å². The van der Waals surface area contributed by atoms with Crippen molar-refractivity contribution in [2.24, 2.45) is 5.92 Å². The molecule has 7 nitrogen and oxygen atoms in total. The normalized spacial score (nSPS) is 14.7. The lowest BCUT2D eigenvalue weighted by atomic mass is 9.88. The van der Waals surface area contributed by atoms with E-state index in [0.29, 0.717) is 22.1 Å². The van der Waals surface area contributed by atoms with Gasteiger partial charge in [0.15, 0.2) is 11.3 Å². The zero-order valence-electron chi connectivity index (χ0n) is 17.6. The maximum Gasteiger partial charge on any atom is 0.292 e. The first-order chi connectivity index (χ1) is 14.9. The van der Waals surface area contributed by atoms with E-state index in [2.05, 4.69) is 10.3 Å². The number of anilines is 2. The Balaban J connectivity index is 1.65. The van der Waals surface area contributed by atoms with Crippen molar-refractivity contribution in [2.75, 3.05) is 24.4 Å². The van der Waals surface area contributed by atoms with Crippen LogP contribution in [0, 0.1) is 5.92 Å². The third-order valence-electron chi connectivity index (χ3n) is 5.51. The fourth-order valence-electron chi connectivity index (χ4n) is 4.01.